The van der Waals surface area contributed by atoms with E-state index in [1.807, 2.05) is 9.80 Å². The third-order valence-electron chi connectivity index (χ3n) is 4.65. The molecule has 120 valence electrons. The molecule has 2 saturated heterocycles. The summed E-state index contributed by atoms with van der Waals surface area (Å²) in [5.74, 6) is -0.0921. The predicted molar refractivity (Wildman–Crippen MR) is 81.6 cm³/mol. The van der Waals surface area contributed by atoms with Gasteiger partial charge >= 0.3 is 0 Å². The van der Waals surface area contributed by atoms with E-state index in [1.165, 1.54) is 0 Å². The summed E-state index contributed by atoms with van der Waals surface area (Å²) in [6, 6.07) is -0.0889. The van der Waals surface area contributed by atoms with Crippen LogP contribution in [0.4, 0.5) is 0 Å². The van der Waals surface area contributed by atoms with E-state index in [4.69, 9.17) is 5.73 Å². The average molecular weight is 296 g/mol. The quantitative estimate of drug-likeness (QED) is 0.755. The van der Waals surface area contributed by atoms with Gasteiger partial charge in [-0.3, -0.25) is 14.5 Å². The van der Waals surface area contributed by atoms with Crippen LogP contribution >= 0.6 is 0 Å². The molecule has 2 fully saturated rings. The zero-order chi connectivity index (χ0) is 15.5. The molecule has 0 aliphatic carbocycles. The SMILES string of the molecule is CC1(C)CCCNC1C(=O)N1CCCN(CC(N)=O)CC1. The van der Waals surface area contributed by atoms with E-state index in [9.17, 15) is 9.59 Å². The van der Waals surface area contributed by atoms with E-state index in [0.717, 1.165) is 45.4 Å². The summed E-state index contributed by atoms with van der Waals surface area (Å²) in [4.78, 5) is 27.8. The van der Waals surface area contributed by atoms with Crippen LogP contribution in [0.2, 0.25) is 0 Å². The number of nitrogens with two attached hydrogens (primary N) is 1. The van der Waals surface area contributed by atoms with E-state index >= 15 is 0 Å². The zero-order valence-corrected chi connectivity index (χ0v) is 13.2. The van der Waals surface area contributed by atoms with Crippen LogP contribution in [0, 0.1) is 5.41 Å². The van der Waals surface area contributed by atoms with Crippen LogP contribution in [-0.4, -0.2) is 66.9 Å². The van der Waals surface area contributed by atoms with Crippen molar-refractivity contribution in [2.24, 2.45) is 11.1 Å². The van der Waals surface area contributed by atoms with Crippen molar-refractivity contribution in [2.45, 2.75) is 39.2 Å². The first kappa shape index (κ1) is 16.2. The summed E-state index contributed by atoms with van der Waals surface area (Å²) in [5.41, 5.74) is 5.26. The zero-order valence-electron chi connectivity index (χ0n) is 13.2. The van der Waals surface area contributed by atoms with Gasteiger partial charge in [0.2, 0.25) is 11.8 Å². The number of nitrogens with one attached hydrogen (secondary N) is 1. The summed E-state index contributed by atoms with van der Waals surface area (Å²) in [6.45, 7) is 8.54. The van der Waals surface area contributed by atoms with Crippen LogP contribution in [-0.2, 0) is 9.59 Å². The molecule has 0 spiro atoms. The Balaban J connectivity index is 1.95. The first-order valence-electron chi connectivity index (χ1n) is 7.93. The minimum Gasteiger partial charge on any atom is -0.369 e. The van der Waals surface area contributed by atoms with Gasteiger partial charge in [0.05, 0.1) is 12.6 Å². The van der Waals surface area contributed by atoms with Crippen molar-refractivity contribution in [1.29, 1.82) is 0 Å². The van der Waals surface area contributed by atoms with E-state index in [0.29, 0.717) is 6.54 Å². The van der Waals surface area contributed by atoms with Gasteiger partial charge in [-0.2, -0.15) is 0 Å². The van der Waals surface area contributed by atoms with Gasteiger partial charge in [0.1, 0.15) is 0 Å². The maximum atomic E-state index is 12.8. The van der Waals surface area contributed by atoms with Gasteiger partial charge in [-0.25, -0.2) is 0 Å². The lowest BCUT2D eigenvalue weighted by Crippen LogP contribution is -2.57. The monoisotopic (exact) mass is 296 g/mol. The lowest BCUT2D eigenvalue weighted by Gasteiger charge is -2.40. The first-order chi connectivity index (χ1) is 9.90. The Morgan fingerprint density at radius 2 is 1.95 bits per heavy atom. The fraction of sp³-hybridized carbons (Fsp3) is 0.867. The second kappa shape index (κ2) is 6.75. The van der Waals surface area contributed by atoms with E-state index < -0.39 is 0 Å². The lowest BCUT2D eigenvalue weighted by molar-refractivity contribution is -0.137. The number of piperidine rings is 1. The van der Waals surface area contributed by atoms with E-state index in [-0.39, 0.29) is 29.8 Å². The Morgan fingerprint density at radius 3 is 2.62 bits per heavy atom. The molecule has 2 heterocycles. The van der Waals surface area contributed by atoms with Crippen molar-refractivity contribution < 1.29 is 9.59 Å². The molecular formula is C15H28N4O2. The van der Waals surface area contributed by atoms with E-state index in [2.05, 4.69) is 19.2 Å². The van der Waals surface area contributed by atoms with Crippen LogP contribution in [0.25, 0.3) is 0 Å². The Kier molecular flexibility index (Phi) is 5.22. The van der Waals surface area contributed by atoms with Gasteiger partial charge in [-0.05, 0) is 31.2 Å². The van der Waals surface area contributed by atoms with E-state index in [1.54, 1.807) is 0 Å². The molecule has 2 aliphatic heterocycles. The van der Waals surface area contributed by atoms with Crippen molar-refractivity contribution in [3.63, 3.8) is 0 Å². The van der Waals surface area contributed by atoms with Crippen molar-refractivity contribution in [3.05, 3.63) is 0 Å². The summed E-state index contributed by atoms with van der Waals surface area (Å²) < 4.78 is 0. The number of amides is 2. The van der Waals surface area contributed by atoms with Crippen LogP contribution in [0.1, 0.15) is 33.1 Å². The minimum absolute atomic E-state index is 0.00848. The van der Waals surface area contributed by atoms with Gasteiger partial charge in [0, 0.05) is 26.2 Å². The van der Waals surface area contributed by atoms with Crippen molar-refractivity contribution in [3.8, 4) is 0 Å². The van der Waals surface area contributed by atoms with Gasteiger partial charge in [0.15, 0.2) is 0 Å². The largest absolute Gasteiger partial charge is 0.369 e. The molecule has 0 aromatic rings. The molecule has 21 heavy (non-hydrogen) atoms. The highest BCUT2D eigenvalue weighted by atomic mass is 16.2. The molecule has 2 aliphatic rings. The molecule has 3 N–H and O–H groups in total. The summed E-state index contributed by atoms with van der Waals surface area (Å²) in [7, 11) is 0. The van der Waals surface area contributed by atoms with Gasteiger partial charge < -0.3 is 16.0 Å². The fourth-order valence-corrected chi connectivity index (χ4v) is 3.38. The van der Waals surface area contributed by atoms with Crippen LogP contribution in [0.15, 0.2) is 0 Å². The molecule has 6 heteroatoms. The van der Waals surface area contributed by atoms with Crippen molar-refractivity contribution >= 4 is 11.8 Å². The molecule has 0 bridgehead atoms. The molecule has 1 atom stereocenters. The fourth-order valence-electron chi connectivity index (χ4n) is 3.38. The number of carbonyl (C=O) groups excluding carboxylic acids is 2. The topological polar surface area (TPSA) is 78.7 Å². The second-order valence-electron chi connectivity index (χ2n) is 6.90. The third kappa shape index (κ3) is 4.17. The molecule has 6 nitrogen and oxygen atoms in total. The normalized spacial score (nSPS) is 27.1. The minimum atomic E-state index is -0.301. The highest BCUT2D eigenvalue weighted by Gasteiger charge is 2.39. The van der Waals surface area contributed by atoms with Crippen LogP contribution in [0.3, 0.4) is 0 Å². The number of nitrogens with zero attached hydrogens (tertiary/aromatic N) is 2. The number of hydrogen-bond donors (Lipinski definition) is 2. The summed E-state index contributed by atoms with van der Waals surface area (Å²) >= 11 is 0. The molecule has 2 amide bonds. The number of carbonyl (C=O) groups is 2. The smallest absolute Gasteiger partial charge is 0.240 e. The molecule has 0 radical (unpaired) electrons. The van der Waals surface area contributed by atoms with Crippen LogP contribution < -0.4 is 11.1 Å². The van der Waals surface area contributed by atoms with Crippen molar-refractivity contribution in [1.82, 2.24) is 15.1 Å². The highest BCUT2D eigenvalue weighted by molar-refractivity contribution is 5.83. The van der Waals surface area contributed by atoms with Crippen molar-refractivity contribution in [2.75, 3.05) is 39.3 Å². The summed E-state index contributed by atoms with van der Waals surface area (Å²) in [5, 5.41) is 3.39. The maximum Gasteiger partial charge on any atom is 0.240 e. The molecule has 0 aromatic carbocycles. The molecule has 0 aromatic heterocycles. The molecule has 2 rings (SSSR count). The molecule has 0 saturated carbocycles. The second-order valence-corrected chi connectivity index (χ2v) is 6.90. The maximum absolute atomic E-state index is 12.8. The Labute approximate surface area is 127 Å². The average Bonchev–Trinajstić information content (AvgIpc) is 2.62. The number of primary amides is 1. The third-order valence-corrected chi connectivity index (χ3v) is 4.65. The standard InChI is InChI=1S/C15H28N4O2/c1-15(2)5-3-6-17-13(15)14(21)19-8-4-7-18(9-10-19)11-12(16)20/h13,17H,3-11H2,1-2H3,(H2,16,20). The highest BCUT2D eigenvalue weighted by Crippen LogP contribution is 2.31. The molecule has 1 unspecified atom stereocenters. The Hall–Kier alpha value is -1.14. The number of rotatable bonds is 3. The Morgan fingerprint density at radius 1 is 1.19 bits per heavy atom. The predicted octanol–water partition coefficient (Wildman–Crippen LogP) is -0.216. The van der Waals surface area contributed by atoms with Gasteiger partial charge in [0.25, 0.3) is 0 Å². The molecular weight excluding hydrogens is 268 g/mol. The van der Waals surface area contributed by atoms with Gasteiger partial charge in [-0.1, -0.05) is 13.8 Å². The number of hydrogen-bond acceptors (Lipinski definition) is 4. The Bertz CT molecular complexity index is 397. The van der Waals surface area contributed by atoms with Gasteiger partial charge in [-0.15, -0.1) is 0 Å². The lowest BCUT2D eigenvalue weighted by atomic mass is 9.77. The summed E-state index contributed by atoms with van der Waals surface area (Å²) in [6.07, 6.45) is 3.10. The van der Waals surface area contributed by atoms with Crippen LogP contribution in [0.5, 0.6) is 0 Å². The first-order valence-corrected chi connectivity index (χ1v) is 7.93.